The zero-order valence-electron chi connectivity index (χ0n) is 14.1. The second-order valence-corrected chi connectivity index (χ2v) is 7.09. The summed E-state index contributed by atoms with van der Waals surface area (Å²) in [6, 6.07) is 7.09. The summed E-state index contributed by atoms with van der Waals surface area (Å²) >= 11 is 0. The molecule has 1 aliphatic carbocycles. The van der Waals surface area contributed by atoms with E-state index >= 15 is 0 Å². The number of piperidine rings is 1. The van der Waals surface area contributed by atoms with Crippen LogP contribution < -0.4 is 5.32 Å². The molecule has 24 heavy (non-hydrogen) atoms. The van der Waals surface area contributed by atoms with Gasteiger partial charge in [0.2, 0.25) is 5.91 Å². The van der Waals surface area contributed by atoms with Gasteiger partial charge in [-0.1, -0.05) is 18.9 Å². The third-order valence-electron chi connectivity index (χ3n) is 5.06. The number of hydrogen-bond donors (Lipinski definition) is 2. The van der Waals surface area contributed by atoms with Gasteiger partial charge < -0.3 is 15.3 Å². The van der Waals surface area contributed by atoms with Crippen LogP contribution in [0.3, 0.4) is 0 Å². The molecule has 2 fully saturated rings. The number of nitrogens with one attached hydrogen (secondary N) is 1. The Morgan fingerprint density at radius 3 is 2.50 bits per heavy atom. The number of hydrogen-bond acceptors (Lipinski definition) is 3. The predicted molar refractivity (Wildman–Crippen MR) is 92.9 cm³/mol. The van der Waals surface area contributed by atoms with E-state index in [1.54, 1.807) is 24.3 Å². The summed E-state index contributed by atoms with van der Waals surface area (Å²) < 4.78 is 0. The molecule has 0 spiro atoms. The van der Waals surface area contributed by atoms with Crippen molar-refractivity contribution in [2.75, 3.05) is 18.4 Å². The van der Waals surface area contributed by atoms with Gasteiger partial charge in [0.1, 0.15) is 0 Å². The molecule has 5 heteroatoms. The average molecular weight is 330 g/mol. The number of nitrogens with zero attached hydrogens (tertiary/aromatic N) is 1. The summed E-state index contributed by atoms with van der Waals surface area (Å²) in [5, 5.41) is 13.2. The van der Waals surface area contributed by atoms with Crippen molar-refractivity contribution in [3.63, 3.8) is 0 Å². The standard InChI is InChI=1S/C19H26N2O3/c22-17(14-19(24)9-2-3-10-19)20-16-8-6-7-15(13-16)18(23)21-11-4-1-5-12-21/h6-8,13,24H,1-5,9-12,14H2,(H,20,22). The fourth-order valence-corrected chi connectivity index (χ4v) is 3.72. The maximum Gasteiger partial charge on any atom is 0.253 e. The quantitative estimate of drug-likeness (QED) is 0.892. The minimum absolute atomic E-state index is 0.0280. The van der Waals surface area contributed by atoms with Crippen molar-refractivity contribution in [3.8, 4) is 0 Å². The number of likely N-dealkylation sites (tertiary alicyclic amines) is 1. The zero-order chi connectivity index (χ0) is 17.0. The van der Waals surface area contributed by atoms with Crippen molar-refractivity contribution < 1.29 is 14.7 Å². The number of rotatable bonds is 4. The summed E-state index contributed by atoms with van der Waals surface area (Å²) in [5.74, 6) is -0.165. The third kappa shape index (κ3) is 4.15. The molecule has 3 rings (SSSR count). The number of aliphatic hydroxyl groups is 1. The first-order valence-electron chi connectivity index (χ1n) is 8.97. The molecule has 0 radical (unpaired) electrons. The van der Waals surface area contributed by atoms with Crippen molar-refractivity contribution in [2.24, 2.45) is 0 Å². The van der Waals surface area contributed by atoms with Crippen molar-refractivity contribution in [1.82, 2.24) is 4.90 Å². The van der Waals surface area contributed by atoms with Crippen LogP contribution in [-0.2, 0) is 4.79 Å². The molecule has 1 aromatic carbocycles. The van der Waals surface area contributed by atoms with Crippen LogP contribution in [0.2, 0.25) is 0 Å². The molecule has 0 atom stereocenters. The highest BCUT2D eigenvalue weighted by atomic mass is 16.3. The first-order chi connectivity index (χ1) is 11.6. The Balaban J connectivity index is 1.62. The maximum absolute atomic E-state index is 12.5. The van der Waals surface area contributed by atoms with Crippen LogP contribution in [0.1, 0.15) is 61.7 Å². The van der Waals surface area contributed by atoms with E-state index in [9.17, 15) is 14.7 Å². The molecule has 2 amide bonds. The fraction of sp³-hybridized carbons (Fsp3) is 0.579. The summed E-state index contributed by atoms with van der Waals surface area (Å²) in [4.78, 5) is 26.6. The van der Waals surface area contributed by atoms with Crippen LogP contribution >= 0.6 is 0 Å². The van der Waals surface area contributed by atoms with Gasteiger partial charge in [0.15, 0.2) is 0 Å². The van der Waals surface area contributed by atoms with E-state index in [4.69, 9.17) is 0 Å². The largest absolute Gasteiger partial charge is 0.389 e. The Hall–Kier alpha value is -1.88. The number of amides is 2. The molecular weight excluding hydrogens is 304 g/mol. The summed E-state index contributed by atoms with van der Waals surface area (Å²) in [7, 11) is 0. The van der Waals surface area contributed by atoms with E-state index in [1.807, 2.05) is 4.90 Å². The van der Waals surface area contributed by atoms with Crippen LogP contribution in [-0.4, -0.2) is 40.5 Å². The second-order valence-electron chi connectivity index (χ2n) is 7.09. The smallest absolute Gasteiger partial charge is 0.253 e. The Labute approximate surface area is 143 Å². The van der Waals surface area contributed by atoms with Crippen molar-refractivity contribution in [3.05, 3.63) is 29.8 Å². The average Bonchev–Trinajstić information content (AvgIpc) is 3.01. The Bertz CT molecular complexity index is 602. The Morgan fingerprint density at radius 1 is 1.08 bits per heavy atom. The predicted octanol–water partition coefficient (Wildman–Crippen LogP) is 2.95. The van der Waals surface area contributed by atoms with E-state index in [-0.39, 0.29) is 18.2 Å². The van der Waals surface area contributed by atoms with Crippen molar-refractivity contribution >= 4 is 17.5 Å². The molecule has 130 valence electrons. The van der Waals surface area contributed by atoms with Crippen LogP contribution in [0.25, 0.3) is 0 Å². The Morgan fingerprint density at radius 2 is 1.79 bits per heavy atom. The molecule has 1 heterocycles. The maximum atomic E-state index is 12.5. The molecular formula is C19H26N2O3. The second kappa shape index (κ2) is 7.34. The van der Waals surface area contributed by atoms with Gasteiger partial charge in [-0.2, -0.15) is 0 Å². The lowest BCUT2D eigenvalue weighted by Gasteiger charge is -2.27. The molecule has 2 aliphatic rings. The topological polar surface area (TPSA) is 69.6 Å². The Kier molecular flexibility index (Phi) is 5.19. The fourth-order valence-electron chi connectivity index (χ4n) is 3.72. The highest BCUT2D eigenvalue weighted by Crippen LogP contribution is 2.32. The lowest BCUT2D eigenvalue weighted by molar-refractivity contribution is -0.120. The first kappa shape index (κ1) is 17.0. The molecule has 0 aromatic heterocycles. The third-order valence-corrected chi connectivity index (χ3v) is 5.06. The molecule has 1 aliphatic heterocycles. The monoisotopic (exact) mass is 330 g/mol. The molecule has 0 unspecified atom stereocenters. The van der Waals surface area contributed by atoms with Gasteiger partial charge in [0.05, 0.1) is 12.0 Å². The van der Waals surface area contributed by atoms with Crippen LogP contribution in [0, 0.1) is 0 Å². The summed E-state index contributed by atoms with van der Waals surface area (Å²) in [6.07, 6.45) is 6.75. The van der Waals surface area contributed by atoms with E-state index in [1.165, 1.54) is 6.42 Å². The number of anilines is 1. The van der Waals surface area contributed by atoms with Crippen LogP contribution in [0.5, 0.6) is 0 Å². The van der Waals surface area contributed by atoms with Gasteiger partial charge in [-0.15, -0.1) is 0 Å². The lowest BCUT2D eigenvalue weighted by atomic mass is 9.97. The van der Waals surface area contributed by atoms with E-state index in [0.717, 1.165) is 38.8 Å². The van der Waals surface area contributed by atoms with Gasteiger partial charge in [0, 0.05) is 24.3 Å². The van der Waals surface area contributed by atoms with Crippen molar-refractivity contribution in [1.29, 1.82) is 0 Å². The molecule has 1 saturated heterocycles. The highest BCUT2D eigenvalue weighted by Gasteiger charge is 2.33. The van der Waals surface area contributed by atoms with E-state index in [0.29, 0.717) is 24.1 Å². The van der Waals surface area contributed by atoms with Gasteiger partial charge in [-0.3, -0.25) is 9.59 Å². The van der Waals surface area contributed by atoms with E-state index in [2.05, 4.69) is 5.32 Å². The minimum Gasteiger partial charge on any atom is -0.389 e. The first-order valence-corrected chi connectivity index (χ1v) is 8.97. The normalized spacial score (nSPS) is 20.0. The summed E-state index contributed by atoms with van der Waals surface area (Å²) in [6.45, 7) is 1.62. The number of carbonyl (C=O) groups excluding carboxylic acids is 2. The molecule has 1 saturated carbocycles. The molecule has 2 N–H and O–H groups in total. The zero-order valence-corrected chi connectivity index (χ0v) is 14.1. The highest BCUT2D eigenvalue weighted by molar-refractivity contribution is 5.97. The van der Waals surface area contributed by atoms with Gasteiger partial charge in [0.25, 0.3) is 5.91 Å². The number of benzene rings is 1. The molecule has 1 aromatic rings. The van der Waals surface area contributed by atoms with Crippen molar-refractivity contribution in [2.45, 2.75) is 57.0 Å². The van der Waals surface area contributed by atoms with E-state index < -0.39 is 5.60 Å². The lowest BCUT2D eigenvalue weighted by Crippen LogP contribution is -2.35. The number of carbonyl (C=O) groups is 2. The van der Waals surface area contributed by atoms with Gasteiger partial charge >= 0.3 is 0 Å². The van der Waals surface area contributed by atoms with Crippen LogP contribution in [0.15, 0.2) is 24.3 Å². The summed E-state index contributed by atoms with van der Waals surface area (Å²) in [5.41, 5.74) is 0.365. The van der Waals surface area contributed by atoms with Crippen LogP contribution in [0.4, 0.5) is 5.69 Å². The van der Waals surface area contributed by atoms with Gasteiger partial charge in [-0.25, -0.2) is 0 Å². The SMILES string of the molecule is O=C(CC1(O)CCCC1)Nc1cccc(C(=O)N2CCCCC2)c1. The van der Waals surface area contributed by atoms with Gasteiger partial charge in [-0.05, 0) is 50.3 Å². The molecule has 5 nitrogen and oxygen atoms in total. The minimum atomic E-state index is -0.856. The molecule has 0 bridgehead atoms.